The highest BCUT2D eigenvalue weighted by Crippen LogP contribution is 2.47. The molecule has 2 rings (SSSR count). The minimum Gasteiger partial charge on any atom is -0.463 e. The van der Waals surface area contributed by atoms with E-state index in [1.165, 1.54) is 37.7 Å². The van der Waals surface area contributed by atoms with Gasteiger partial charge in [-0.25, -0.2) is 4.79 Å². The van der Waals surface area contributed by atoms with Crippen molar-refractivity contribution in [3.05, 3.63) is 11.6 Å². The Labute approximate surface area is 91.7 Å². The van der Waals surface area contributed by atoms with Crippen molar-refractivity contribution in [2.24, 2.45) is 11.8 Å². The molecule has 0 N–H and O–H groups in total. The van der Waals surface area contributed by atoms with E-state index < -0.39 is 0 Å². The maximum absolute atomic E-state index is 11.3. The van der Waals surface area contributed by atoms with Gasteiger partial charge in [-0.05, 0) is 38.0 Å². The van der Waals surface area contributed by atoms with Crippen molar-refractivity contribution in [1.29, 1.82) is 0 Å². The van der Waals surface area contributed by atoms with Gasteiger partial charge in [0.1, 0.15) is 0 Å². The molecular weight excluding hydrogens is 188 g/mol. The predicted octanol–water partition coefficient (Wildman–Crippen LogP) is 3.08. The van der Waals surface area contributed by atoms with Gasteiger partial charge in [0, 0.05) is 6.08 Å². The van der Waals surface area contributed by atoms with E-state index in [9.17, 15) is 4.79 Å². The summed E-state index contributed by atoms with van der Waals surface area (Å²) < 4.78 is 4.94. The largest absolute Gasteiger partial charge is 0.463 e. The molecule has 0 saturated heterocycles. The highest BCUT2D eigenvalue weighted by Gasteiger charge is 2.36. The van der Waals surface area contributed by atoms with Crippen LogP contribution in [0.15, 0.2) is 11.6 Å². The van der Waals surface area contributed by atoms with E-state index in [-0.39, 0.29) is 5.97 Å². The fraction of sp³-hybridized carbons (Fsp3) is 0.769. The molecule has 0 aromatic rings. The first kappa shape index (κ1) is 10.7. The van der Waals surface area contributed by atoms with Crippen LogP contribution in [0.5, 0.6) is 0 Å². The Morgan fingerprint density at radius 3 is 3.00 bits per heavy atom. The first-order valence-corrected chi connectivity index (χ1v) is 6.18. The second-order valence-corrected chi connectivity index (χ2v) is 4.68. The Hall–Kier alpha value is -0.790. The van der Waals surface area contributed by atoms with Gasteiger partial charge < -0.3 is 4.74 Å². The maximum atomic E-state index is 11.3. The Morgan fingerprint density at radius 1 is 1.40 bits per heavy atom. The number of fused-ring (bicyclic) bond motifs is 1. The molecule has 2 heteroatoms. The average molecular weight is 208 g/mol. The van der Waals surface area contributed by atoms with Gasteiger partial charge in [-0.1, -0.05) is 24.8 Å². The fourth-order valence-electron chi connectivity index (χ4n) is 2.91. The van der Waals surface area contributed by atoms with Crippen molar-refractivity contribution in [2.45, 2.75) is 45.4 Å². The van der Waals surface area contributed by atoms with E-state index in [0.717, 1.165) is 12.3 Å². The molecule has 2 aliphatic rings. The van der Waals surface area contributed by atoms with Crippen LogP contribution in [0, 0.1) is 11.8 Å². The van der Waals surface area contributed by atoms with Crippen molar-refractivity contribution in [2.75, 3.05) is 6.61 Å². The molecule has 0 aliphatic heterocycles. The number of rotatable bonds is 2. The number of ether oxygens (including phenoxy) is 1. The zero-order valence-electron chi connectivity index (χ0n) is 9.50. The van der Waals surface area contributed by atoms with Gasteiger partial charge >= 0.3 is 5.97 Å². The van der Waals surface area contributed by atoms with Crippen LogP contribution in [-0.2, 0) is 9.53 Å². The van der Waals surface area contributed by atoms with Gasteiger partial charge in [0.25, 0.3) is 0 Å². The molecule has 2 aliphatic carbocycles. The molecule has 0 heterocycles. The minimum atomic E-state index is -0.143. The number of esters is 1. The molecule has 84 valence electrons. The SMILES string of the molecule is CCOC(=O)/C=C1/CC2CCCCCC12. The number of hydrogen-bond donors (Lipinski definition) is 0. The standard InChI is InChI=1S/C13H20O2/c1-2-15-13(14)9-11-8-10-6-4-3-5-7-12(10)11/h9-10,12H,2-8H2,1H3/b11-9-. The van der Waals surface area contributed by atoms with E-state index in [2.05, 4.69) is 0 Å². The Balaban J connectivity index is 1.92. The first-order chi connectivity index (χ1) is 7.31. The summed E-state index contributed by atoms with van der Waals surface area (Å²) in [6, 6.07) is 0. The molecule has 15 heavy (non-hydrogen) atoms. The van der Waals surface area contributed by atoms with E-state index in [4.69, 9.17) is 4.74 Å². The second-order valence-electron chi connectivity index (χ2n) is 4.68. The molecular formula is C13H20O2. The average Bonchev–Trinajstić information content (AvgIpc) is 2.37. The van der Waals surface area contributed by atoms with Gasteiger partial charge in [0.15, 0.2) is 0 Å². The van der Waals surface area contributed by atoms with Gasteiger partial charge in [-0.3, -0.25) is 0 Å². The van der Waals surface area contributed by atoms with Crippen molar-refractivity contribution in [3.8, 4) is 0 Å². The second kappa shape index (κ2) is 4.82. The van der Waals surface area contributed by atoms with Gasteiger partial charge in [0.05, 0.1) is 6.61 Å². The predicted molar refractivity (Wildman–Crippen MR) is 59.4 cm³/mol. The molecule has 0 spiro atoms. The Kier molecular flexibility index (Phi) is 3.45. The van der Waals surface area contributed by atoms with Gasteiger partial charge in [-0.2, -0.15) is 0 Å². The third-order valence-corrected chi connectivity index (χ3v) is 3.72. The highest BCUT2D eigenvalue weighted by atomic mass is 16.5. The maximum Gasteiger partial charge on any atom is 0.330 e. The lowest BCUT2D eigenvalue weighted by atomic mass is 9.66. The van der Waals surface area contributed by atoms with Crippen LogP contribution in [0.2, 0.25) is 0 Å². The molecule has 0 bridgehead atoms. The molecule has 0 amide bonds. The van der Waals surface area contributed by atoms with Gasteiger partial charge in [-0.15, -0.1) is 0 Å². The third-order valence-electron chi connectivity index (χ3n) is 3.72. The highest BCUT2D eigenvalue weighted by molar-refractivity contribution is 5.83. The Morgan fingerprint density at radius 2 is 2.20 bits per heavy atom. The zero-order chi connectivity index (χ0) is 10.7. The van der Waals surface area contributed by atoms with Crippen LogP contribution in [0.1, 0.15) is 45.4 Å². The topological polar surface area (TPSA) is 26.3 Å². The molecule has 2 saturated carbocycles. The number of carbonyl (C=O) groups is 1. The summed E-state index contributed by atoms with van der Waals surface area (Å²) in [5.74, 6) is 1.43. The normalized spacial score (nSPS) is 32.7. The smallest absolute Gasteiger partial charge is 0.330 e. The summed E-state index contributed by atoms with van der Waals surface area (Å²) in [4.78, 5) is 11.3. The summed E-state index contributed by atoms with van der Waals surface area (Å²) in [7, 11) is 0. The van der Waals surface area contributed by atoms with Crippen LogP contribution in [0.3, 0.4) is 0 Å². The van der Waals surface area contributed by atoms with E-state index in [1.54, 1.807) is 6.08 Å². The summed E-state index contributed by atoms with van der Waals surface area (Å²) >= 11 is 0. The molecule has 0 aromatic heterocycles. The molecule has 2 atom stereocenters. The summed E-state index contributed by atoms with van der Waals surface area (Å²) in [6.45, 7) is 2.34. The monoisotopic (exact) mass is 208 g/mol. The lowest BCUT2D eigenvalue weighted by Gasteiger charge is -2.38. The number of carbonyl (C=O) groups excluding carboxylic acids is 1. The van der Waals surface area contributed by atoms with Crippen LogP contribution in [0.25, 0.3) is 0 Å². The summed E-state index contributed by atoms with van der Waals surface area (Å²) in [5, 5.41) is 0. The van der Waals surface area contributed by atoms with Crippen molar-refractivity contribution in [3.63, 3.8) is 0 Å². The van der Waals surface area contributed by atoms with Crippen LogP contribution in [0.4, 0.5) is 0 Å². The minimum absolute atomic E-state index is 0.143. The first-order valence-electron chi connectivity index (χ1n) is 6.18. The number of hydrogen-bond acceptors (Lipinski definition) is 2. The molecule has 2 nitrogen and oxygen atoms in total. The lowest BCUT2D eigenvalue weighted by molar-refractivity contribution is -0.137. The zero-order valence-corrected chi connectivity index (χ0v) is 9.50. The van der Waals surface area contributed by atoms with Crippen LogP contribution < -0.4 is 0 Å². The summed E-state index contributed by atoms with van der Waals surface area (Å²) in [5.41, 5.74) is 1.35. The number of allylic oxidation sites excluding steroid dienone is 1. The van der Waals surface area contributed by atoms with Crippen molar-refractivity contribution in [1.82, 2.24) is 0 Å². The summed E-state index contributed by atoms with van der Waals surface area (Å²) in [6.07, 6.45) is 9.63. The van der Waals surface area contributed by atoms with E-state index in [1.807, 2.05) is 6.92 Å². The fourth-order valence-corrected chi connectivity index (χ4v) is 2.91. The van der Waals surface area contributed by atoms with Crippen molar-refractivity contribution < 1.29 is 9.53 Å². The molecule has 0 radical (unpaired) electrons. The van der Waals surface area contributed by atoms with Crippen LogP contribution in [-0.4, -0.2) is 12.6 Å². The van der Waals surface area contributed by atoms with Crippen molar-refractivity contribution >= 4 is 5.97 Å². The van der Waals surface area contributed by atoms with E-state index >= 15 is 0 Å². The molecule has 0 aromatic carbocycles. The quantitative estimate of drug-likeness (QED) is 0.515. The molecule has 2 unspecified atom stereocenters. The Bertz CT molecular complexity index is 268. The molecule has 2 fully saturated rings. The van der Waals surface area contributed by atoms with Crippen LogP contribution >= 0.6 is 0 Å². The van der Waals surface area contributed by atoms with Gasteiger partial charge in [0.2, 0.25) is 0 Å². The van der Waals surface area contributed by atoms with E-state index in [0.29, 0.717) is 12.5 Å². The third kappa shape index (κ3) is 2.42. The lowest BCUT2D eigenvalue weighted by Crippen LogP contribution is -2.28.